The number of ether oxygens (including phenoxy) is 1. The Labute approximate surface area is 179 Å². The Bertz CT molecular complexity index is 1060. The lowest BCUT2D eigenvalue weighted by Crippen LogP contribution is -2.28. The predicted octanol–water partition coefficient (Wildman–Crippen LogP) is 4.94. The van der Waals surface area contributed by atoms with Crippen molar-refractivity contribution in [3.8, 4) is 0 Å². The Balaban J connectivity index is 1.52. The number of hydrogen-bond donors (Lipinski definition) is 2. The molecule has 9 heteroatoms. The Morgan fingerprint density at radius 1 is 1.00 bits per heavy atom. The van der Waals surface area contributed by atoms with E-state index in [0.717, 1.165) is 63.5 Å². The third-order valence-corrected chi connectivity index (χ3v) is 6.10. The van der Waals surface area contributed by atoms with Gasteiger partial charge in [-0.15, -0.1) is 0 Å². The molecule has 0 radical (unpaired) electrons. The van der Waals surface area contributed by atoms with E-state index in [2.05, 4.69) is 25.2 Å². The minimum absolute atomic E-state index is 0.183. The summed E-state index contributed by atoms with van der Waals surface area (Å²) in [7, 11) is 0. The lowest BCUT2D eigenvalue weighted by molar-refractivity contribution is 0.0903. The zero-order valence-corrected chi connectivity index (χ0v) is 17.3. The number of imidazole rings is 1. The van der Waals surface area contributed by atoms with Crippen LogP contribution >= 0.6 is 0 Å². The fourth-order valence-corrected chi connectivity index (χ4v) is 4.47. The standard InChI is InChI=1S/C22H26F2N6O/c23-14-6-7-18(17(24)12-14)27-22-28-19-13-25-21(26-15-8-10-31-11-9-15)29-20(19)30(22)16-4-2-1-3-5-16/h6-7,12-13,15-16H,1-5,8-11H2,(H,27,28)(H,25,26,29). The molecule has 31 heavy (non-hydrogen) atoms. The number of aromatic nitrogens is 4. The van der Waals surface area contributed by atoms with Gasteiger partial charge in [0.1, 0.15) is 17.2 Å². The number of hydrogen-bond acceptors (Lipinski definition) is 6. The van der Waals surface area contributed by atoms with Crippen LogP contribution in [-0.4, -0.2) is 38.8 Å². The minimum atomic E-state index is -0.657. The normalized spacial score (nSPS) is 18.4. The second kappa shape index (κ2) is 8.74. The van der Waals surface area contributed by atoms with E-state index in [1.807, 2.05) is 0 Å². The summed E-state index contributed by atoms with van der Waals surface area (Å²) < 4.78 is 35.1. The highest BCUT2D eigenvalue weighted by Crippen LogP contribution is 2.35. The highest BCUT2D eigenvalue weighted by molar-refractivity contribution is 5.76. The molecular formula is C22H26F2N6O. The first-order valence-corrected chi connectivity index (χ1v) is 11.0. The van der Waals surface area contributed by atoms with E-state index in [1.165, 1.54) is 18.6 Å². The maximum atomic E-state index is 14.3. The van der Waals surface area contributed by atoms with Crippen molar-refractivity contribution in [1.29, 1.82) is 0 Å². The number of anilines is 3. The van der Waals surface area contributed by atoms with Gasteiger partial charge in [0, 0.05) is 31.4 Å². The first-order valence-electron chi connectivity index (χ1n) is 11.0. The summed E-state index contributed by atoms with van der Waals surface area (Å²) in [5.41, 5.74) is 1.55. The first-order chi connectivity index (χ1) is 15.2. The average molecular weight is 428 g/mol. The van der Waals surface area contributed by atoms with E-state index in [1.54, 1.807) is 6.20 Å². The van der Waals surface area contributed by atoms with Crippen LogP contribution in [0.5, 0.6) is 0 Å². The maximum absolute atomic E-state index is 14.3. The molecule has 1 aromatic carbocycles. The Morgan fingerprint density at radius 2 is 1.81 bits per heavy atom. The van der Waals surface area contributed by atoms with Crippen LogP contribution in [0, 0.1) is 11.6 Å². The van der Waals surface area contributed by atoms with E-state index in [0.29, 0.717) is 17.4 Å². The van der Waals surface area contributed by atoms with Crippen LogP contribution < -0.4 is 10.6 Å². The smallest absolute Gasteiger partial charge is 0.224 e. The van der Waals surface area contributed by atoms with Crippen molar-refractivity contribution < 1.29 is 13.5 Å². The second-order valence-corrected chi connectivity index (χ2v) is 8.28. The van der Waals surface area contributed by atoms with Crippen molar-refractivity contribution in [2.75, 3.05) is 23.8 Å². The number of halogens is 2. The molecule has 1 saturated carbocycles. The molecule has 2 aliphatic rings. The van der Waals surface area contributed by atoms with Gasteiger partial charge < -0.3 is 15.4 Å². The van der Waals surface area contributed by atoms with Crippen LogP contribution in [0.2, 0.25) is 0 Å². The van der Waals surface area contributed by atoms with Gasteiger partial charge in [0.2, 0.25) is 11.9 Å². The Hall–Kier alpha value is -2.81. The zero-order valence-electron chi connectivity index (χ0n) is 17.3. The molecule has 2 aromatic heterocycles. The van der Waals surface area contributed by atoms with Crippen molar-refractivity contribution in [3.63, 3.8) is 0 Å². The quantitative estimate of drug-likeness (QED) is 0.599. The molecule has 0 amide bonds. The fraction of sp³-hybridized carbons (Fsp3) is 0.500. The van der Waals surface area contributed by atoms with E-state index in [4.69, 9.17) is 9.72 Å². The molecule has 0 unspecified atom stereocenters. The Morgan fingerprint density at radius 3 is 2.58 bits per heavy atom. The van der Waals surface area contributed by atoms with Crippen LogP contribution in [0.3, 0.4) is 0 Å². The molecule has 164 valence electrons. The second-order valence-electron chi connectivity index (χ2n) is 8.28. The number of nitrogens with zero attached hydrogens (tertiary/aromatic N) is 4. The molecule has 1 saturated heterocycles. The summed E-state index contributed by atoms with van der Waals surface area (Å²) in [4.78, 5) is 13.9. The molecule has 7 nitrogen and oxygen atoms in total. The summed E-state index contributed by atoms with van der Waals surface area (Å²) in [5.74, 6) is -0.200. The summed E-state index contributed by atoms with van der Waals surface area (Å²) in [6.07, 6.45) is 9.04. The Kier molecular flexibility index (Phi) is 5.67. The molecule has 1 aliphatic heterocycles. The van der Waals surface area contributed by atoms with Crippen molar-refractivity contribution in [1.82, 2.24) is 19.5 Å². The zero-order chi connectivity index (χ0) is 21.2. The third kappa shape index (κ3) is 4.32. The molecule has 2 fully saturated rings. The lowest BCUT2D eigenvalue weighted by Gasteiger charge is -2.25. The largest absolute Gasteiger partial charge is 0.381 e. The van der Waals surface area contributed by atoms with Gasteiger partial charge in [-0.05, 0) is 37.8 Å². The SMILES string of the molecule is Fc1ccc(Nc2nc3cnc(NC4CCOCC4)nc3n2C2CCCCC2)c(F)c1. The van der Waals surface area contributed by atoms with E-state index in [9.17, 15) is 8.78 Å². The van der Waals surface area contributed by atoms with Crippen LogP contribution in [-0.2, 0) is 4.74 Å². The molecule has 5 rings (SSSR count). The van der Waals surface area contributed by atoms with Crippen LogP contribution in [0.1, 0.15) is 51.0 Å². The maximum Gasteiger partial charge on any atom is 0.224 e. The molecule has 1 aliphatic carbocycles. The van der Waals surface area contributed by atoms with Crippen LogP contribution in [0.25, 0.3) is 11.2 Å². The van der Waals surface area contributed by atoms with Crippen molar-refractivity contribution in [3.05, 3.63) is 36.0 Å². The van der Waals surface area contributed by atoms with Gasteiger partial charge in [0.05, 0.1) is 11.9 Å². The minimum Gasteiger partial charge on any atom is -0.381 e. The molecule has 3 aromatic rings. The van der Waals surface area contributed by atoms with Crippen LogP contribution in [0.15, 0.2) is 24.4 Å². The van der Waals surface area contributed by atoms with Gasteiger partial charge in [-0.2, -0.15) is 4.98 Å². The third-order valence-electron chi connectivity index (χ3n) is 6.10. The molecule has 0 bridgehead atoms. The van der Waals surface area contributed by atoms with Gasteiger partial charge in [-0.1, -0.05) is 19.3 Å². The van der Waals surface area contributed by atoms with Crippen molar-refractivity contribution in [2.24, 2.45) is 0 Å². The van der Waals surface area contributed by atoms with Crippen molar-refractivity contribution in [2.45, 2.75) is 57.0 Å². The monoisotopic (exact) mass is 428 g/mol. The van der Waals surface area contributed by atoms with Crippen LogP contribution in [0.4, 0.5) is 26.4 Å². The van der Waals surface area contributed by atoms with E-state index < -0.39 is 11.6 Å². The van der Waals surface area contributed by atoms with Crippen molar-refractivity contribution >= 4 is 28.7 Å². The predicted molar refractivity (Wildman–Crippen MR) is 115 cm³/mol. The topological polar surface area (TPSA) is 76.9 Å². The number of nitrogens with one attached hydrogen (secondary N) is 2. The van der Waals surface area contributed by atoms with E-state index >= 15 is 0 Å². The highest BCUT2D eigenvalue weighted by atomic mass is 19.1. The molecular weight excluding hydrogens is 402 g/mol. The first kappa shape index (κ1) is 20.1. The summed E-state index contributed by atoms with van der Waals surface area (Å²) in [6, 6.07) is 3.98. The fourth-order valence-electron chi connectivity index (χ4n) is 4.47. The van der Waals surface area contributed by atoms with Gasteiger partial charge >= 0.3 is 0 Å². The number of benzene rings is 1. The molecule has 0 atom stereocenters. The molecule has 2 N–H and O–H groups in total. The lowest BCUT2D eigenvalue weighted by atomic mass is 9.95. The summed E-state index contributed by atoms with van der Waals surface area (Å²) in [6.45, 7) is 1.47. The van der Waals surface area contributed by atoms with Gasteiger partial charge in [0.25, 0.3) is 0 Å². The van der Waals surface area contributed by atoms with Gasteiger partial charge in [0.15, 0.2) is 5.65 Å². The molecule has 0 spiro atoms. The van der Waals surface area contributed by atoms with Gasteiger partial charge in [-0.25, -0.2) is 18.7 Å². The van der Waals surface area contributed by atoms with E-state index in [-0.39, 0.29) is 17.8 Å². The van der Waals surface area contributed by atoms with Gasteiger partial charge in [-0.3, -0.25) is 4.57 Å². The molecule has 3 heterocycles. The summed E-state index contributed by atoms with van der Waals surface area (Å²) in [5, 5.41) is 6.47. The number of rotatable bonds is 5. The summed E-state index contributed by atoms with van der Waals surface area (Å²) >= 11 is 0. The average Bonchev–Trinajstić information content (AvgIpc) is 3.14. The highest BCUT2D eigenvalue weighted by Gasteiger charge is 2.24. The number of fused-ring (bicyclic) bond motifs is 1.